The van der Waals surface area contributed by atoms with E-state index in [0.717, 1.165) is 79.1 Å². The summed E-state index contributed by atoms with van der Waals surface area (Å²) < 4.78 is 13.4. The summed E-state index contributed by atoms with van der Waals surface area (Å²) in [5, 5.41) is 15.5. The Morgan fingerprint density at radius 3 is 2.09 bits per heavy atom. The zero-order valence-corrected chi connectivity index (χ0v) is 33.1. The van der Waals surface area contributed by atoms with Gasteiger partial charge in [-0.1, -0.05) is 115 Å². The number of hydrogen-bond donors (Lipinski definition) is 4. The van der Waals surface area contributed by atoms with E-state index in [1.807, 2.05) is 42.5 Å². The Kier molecular flexibility index (Phi) is 14.3. The van der Waals surface area contributed by atoms with Gasteiger partial charge in [-0.15, -0.1) is 0 Å². The van der Waals surface area contributed by atoms with Crippen LogP contribution >= 0.6 is 0 Å². The normalized spacial score (nSPS) is 18.7. The van der Waals surface area contributed by atoms with Crippen LogP contribution < -0.4 is 16.4 Å². The number of aliphatic hydroxyl groups excluding tert-OH is 1. The van der Waals surface area contributed by atoms with E-state index in [1.165, 1.54) is 5.56 Å². The maximum absolute atomic E-state index is 12.8. The molecule has 0 radical (unpaired) electrons. The van der Waals surface area contributed by atoms with Gasteiger partial charge in [-0.05, 0) is 58.4 Å². The lowest BCUT2D eigenvalue weighted by Crippen LogP contribution is -2.49. The number of nitrogens with one attached hydrogen (secondary N) is 2. The molecule has 10 heteroatoms. The van der Waals surface area contributed by atoms with Crippen molar-refractivity contribution in [1.29, 1.82) is 0 Å². The van der Waals surface area contributed by atoms with Crippen molar-refractivity contribution in [1.82, 2.24) is 15.1 Å². The minimum absolute atomic E-state index is 0.00620. The van der Waals surface area contributed by atoms with E-state index in [1.54, 1.807) is 12.1 Å². The lowest BCUT2D eigenvalue weighted by molar-refractivity contribution is -0.253. The average molecular weight is 782 g/mol. The van der Waals surface area contributed by atoms with Crippen molar-refractivity contribution in [3.05, 3.63) is 155 Å². The monoisotopic (exact) mass is 781 g/mol. The molecule has 58 heavy (non-hydrogen) atoms. The second-order valence-electron chi connectivity index (χ2n) is 15.3. The van der Waals surface area contributed by atoms with Crippen LogP contribution in [0.4, 0.5) is 11.4 Å². The largest absolute Gasteiger partial charge is 0.397 e. The van der Waals surface area contributed by atoms with Crippen LogP contribution in [-0.4, -0.2) is 65.5 Å². The molecule has 2 fully saturated rings. The number of amides is 2. The minimum Gasteiger partial charge on any atom is -0.397 e. The third-order valence-corrected chi connectivity index (χ3v) is 11.1. The fourth-order valence-electron chi connectivity index (χ4n) is 7.75. The van der Waals surface area contributed by atoms with Crippen LogP contribution in [0.25, 0.3) is 11.1 Å². The number of nitrogens with two attached hydrogens (primary N) is 1. The number of hydrogen-bond acceptors (Lipinski definition) is 8. The van der Waals surface area contributed by atoms with Gasteiger partial charge in [-0.25, -0.2) is 0 Å². The summed E-state index contributed by atoms with van der Waals surface area (Å²) in [7, 11) is 0. The molecule has 7 rings (SSSR count). The molecule has 5 N–H and O–H groups in total. The van der Waals surface area contributed by atoms with E-state index in [-0.39, 0.29) is 30.6 Å². The van der Waals surface area contributed by atoms with Crippen molar-refractivity contribution in [2.75, 3.05) is 43.8 Å². The third-order valence-electron chi connectivity index (χ3n) is 11.1. The van der Waals surface area contributed by atoms with Gasteiger partial charge in [0.15, 0.2) is 6.29 Å². The quantitative estimate of drug-likeness (QED) is 0.0595. The summed E-state index contributed by atoms with van der Waals surface area (Å²) in [6, 6.07) is 42.3. The van der Waals surface area contributed by atoms with Crippen LogP contribution in [0.3, 0.4) is 0 Å². The van der Waals surface area contributed by atoms with Gasteiger partial charge >= 0.3 is 0 Å². The summed E-state index contributed by atoms with van der Waals surface area (Å²) in [5.41, 5.74) is 14.4. The number of para-hydroxylation sites is 2. The summed E-state index contributed by atoms with van der Waals surface area (Å²) in [4.78, 5) is 30.2. The molecule has 5 aromatic carbocycles. The second-order valence-corrected chi connectivity index (χ2v) is 15.3. The number of benzene rings is 5. The Balaban J connectivity index is 0.940. The standard InChI is InChI=1S/C48H55N5O5/c49-43-14-6-7-15-44(43)51-47(56)17-9-8-16-46(55)50-31-40-12-4-5-13-42(40)37-22-24-39(25-23-37)48-57-41(30-45(58-48)38-20-18-36(34-54)19-21-38)33-53-28-26-52(27-29-53)32-35-10-2-1-3-11-35/h1-7,10-15,18-25,41,45,48,54H,8-9,16-17,26-34,49H2,(H,50,55)(H,51,56)/t41-,45+,48+/m0/s1. The van der Waals surface area contributed by atoms with Crippen molar-refractivity contribution in [3.63, 3.8) is 0 Å². The van der Waals surface area contributed by atoms with Crippen LogP contribution in [0.15, 0.2) is 127 Å². The molecule has 0 spiro atoms. The minimum atomic E-state index is -0.535. The Morgan fingerprint density at radius 1 is 0.690 bits per heavy atom. The van der Waals surface area contributed by atoms with Gasteiger partial charge < -0.3 is 30.9 Å². The maximum atomic E-state index is 12.8. The lowest BCUT2D eigenvalue weighted by atomic mass is 9.97. The lowest BCUT2D eigenvalue weighted by Gasteiger charge is -2.40. The first-order chi connectivity index (χ1) is 28.4. The number of carbonyl (C=O) groups excluding carboxylic acids is 2. The Hall–Kier alpha value is -5.36. The topological polar surface area (TPSA) is 129 Å². The molecule has 2 aliphatic heterocycles. The van der Waals surface area contributed by atoms with Gasteiger partial charge in [-0.3, -0.25) is 19.4 Å². The van der Waals surface area contributed by atoms with Crippen molar-refractivity contribution in [3.8, 4) is 11.1 Å². The molecule has 3 atom stereocenters. The number of ether oxygens (including phenoxy) is 2. The van der Waals surface area contributed by atoms with E-state index in [4.69, 9.17) is 15.2 Å². The van der Waals surface area contributed by atoms with Crippen LogP contribution in [0.5, 0.6) is 0 Å². The summed E-state index contributed by atoms with van der Waals surface area (Å²) in [5.74, 6) is -0.161. The molecular weight excluding hydrogens is 727 g/mol. The highest BCUT2D eigenvalue weighted by Gasteiger charge is 2.34. The van der Waals surface area contributed by atoms with Crippen LogP contribution in [0.1, 0.15) is 72.3 Å². The number of rotatable bonds is 16. The number of unbranched alkanes of at least 4 members (excludes halogenated alkanes) is 1. The molecule has 0 unspecified atom stereocenters. The first kappa shape index (κ1) is 40.8. The van der Waals surface area contributed by atoms with E-state index >= 15 is 0 Å². The highest BCUT2D eigenvalue weighted by Crippen LogP contribution is 2.39. The van der Waals surface area contributed by atoms with Gasteiger partial charge in [0.25, 0.3) is 0 Å². The van der Waals surface area contributed by atoms with E-state index in [9.17, 15) is 14.7 Å². The first-order valence-electron chi connectivity index (χ1n) is 20.5. The second kappa shape index (κ2) is 20.4. The number of nitrogens with zero attached hydrogens (tertiary/aromatic N) is 2. The zero-order valence-electron chi connectivity index (χ0n) is 33.1. The third kappa shape index (κ3) is 11.4. The maximum Gasteiger partial charge on any atom is 0.224 e. The van der Waals surface area contributed by atoms with Crippen LogP contribution in [0, 0.1) is 0 Å². The van der Waals surface area contributed by atoms with Gasteiger partial charge in [-0.2, -0.15) is 0 Å². The highest BCUT2D eigenvalue weighted by atomic mass is 16.7. The number of nitrogen functional groups attached to an aromatic ring is 1. The zero-order chi connectivity index (χ0) is 40.1. The highest BCUT2D eigenvalue weighted by molar-refractivity contribution is 5.93. The summed E-state index contributed by atoms with van der Waals surface area (Å²) in [6.07, 6.45) is 1.93. The number of piperazine rings is 1. The molecule has 2 heterocycles. The molecule has 0 saturated carbocycles. The predicted molar refractivity (Wildman–Crippen MR) is 228 cm³/mol. The molecule has 2 saturated heterocycles. The summed E-state index contributed by atoms with van der Waals surface area (Å²) >= 11 is 0. The van der Waals surface area contributed by atoms with Crippen LogP contribution in [0.2, 0.25) is 0 Å². The molecule has 0 aliphatic carbocycles. The fourth-order valence-corrected chi connectivity index (χ4v) is 7.75. The molecule has 0 bridgehead atoms. The smallest absolute Gasteiger partial charge is 0.224 e. The Bertz CT molecular complexity index is 2070. The first-order valence-corrected chi connectivity index (χ1v) is 20.5. The van der Waals surface area contributed by atoms with Gasteiger partial charge in [0.2, 0.25) is 11.8 Å². The molecular formula is C48H55N5O5. The van der Waals surface area contributed by atoms with Gasteiger partial charge in [0.1, 0.15) is 0 Å². The molecule has 10 nitrogen and oxygen atoms in total. The van der Waals surface area contributed by atoms with Crippen molar-refractivity contribution >= 4 is 23.2 Å². The van der Waals surface area contributed by atoms with Crippen molar-refractivity contribution in [2.24, 2.45) is 0 Å². The molecule has 5 aromatic rings. The number of carbonyl (C=O) groups is 2. The summed E-state index contributed by atoms with van der Waals surface area (Å²) in [6.45, 7) is 6.24. The Labute approximate surface area is 342 Å². The molecule has 2 aliphatic rings. The predicted octanol–water partition coefficient (Wildman–Crippen LogP) is 7.61. The number of anilines is 2. The molecule has 302 valence electrons. The van der Waals surface area contributed by atoms with Crippen molar-refractivity contribution in [2.45, 2.75) is 70.3 Å². The van der Waals surface area contributed by atoms with Crippen LogP contribution in [-0.2, 0) is 38.8 Å². The SMILES string of the molecule is Nc1ccccc1NC(=O)CCCCC(=O)NCc1ccccc1-c1ccc([C@@H]2O[C@H](CN3CCN(Cc4ccccc4)CC3)C[C@H](c3ccc(CO)cc3)O2)cc1. The van der Waals surface area contributed by atoms with E-state index < -0.39 is 6.29 Å². The average Bonchev–Trinajstić information content (AvgIpc) is 3.26. The molecule has 0 aromatic heterocycles. The van der Waals surface area contributed by atoms with E-state index in [2.05, 4.69) is 93.2 Å². The Morgan fingerprint density at radius 2 is 1.34 bits per heavy atom. The van der Waals surface area contributed by atoms with Gasteiger partial charge in [0.05, 0.1) is 30.2 Å². The van der Waals surface area contributed by atoms with E-state index in [0.29, 0.717) is 43.6 Å². The van der Waals surface area contributed by atoms with Crippen molar-refractivity contribution < 1.29 is 24.2 Å². The number of aliphatic hydroxyl groups is 1. The fraction of sp³-hybridized carbons (Fsp3) is 0.333. The molecule has 2 amide bonds. The van der Waals surface area contributed by atoms with Gasteiger partial charge in [0, 0.05) is 70.6 Å².